The van der Waals surface area contributed by atoms with E-state index in [0.29, 0.717) is 5.56 Å². The van der Waals surface area contributed by atoms with Crippen LogP contribution in [-0.4, -0.2) is 7.11 Å². The summed E-state index contributed by atoms with van der Waals surface area (Å²) in [5.41, 5.74) is 1.87. The Balaban J connectivity index is 2.44. The zero-order valence-corrected chi connectivity index (χ0v) is 10.8. The number of allylic oxidation sites excluding steroid dienone is 1. The summed E-state index contributed by atoms with van der Waals surface area (Å²) in [5.74, 6) is -1.94. The van der Waals surface area contributed by atoms with E-state index in [1.54, 1.807) is 12.1 Å². The van der Waals surface area contributed by atoms with Crippen LogP contribution in [0.25, 0.3) is 17.2 Å². The number of halogens is 2. The van der Waals surface area contributed by atoms with Gasteiger partial charge in [0.05, 0.1) is 7.11 Å². The highest BCUT2D eigenvalue weighted by Gasteiger charge is 2.14. The van der Waals surface area contributed by atoms with Gasteiger partial charge in [0.1, 0.15) is 0 Å². The molecule has 19 heavy (non-hydrogen) atoms. The fourth-order valence-corrected chi connectivity index (χ4v) is 1.88. The number of benzene rings is 2. The minimum atomic E-state index is -0.961. The van der Waals surface area contributed by atoms with E-state index in [1.165, 1.54) is 19.2 Å². The molecule has 0 aliphatic rings. The predicted octanol–water partition coefficient (Wildman–Crippen LogP) is 4.67. The highest BCUT2D eigenvalue weighted by atomic mass is 19.2. The van der Waals surface area contributed by atoms with Crippen molar-refractivity contribution in [2.75, 3.05) is 7.11 Å². The Morgan fingerprint density at radius 3 is 2.21 bits per heavy atom. The van der Waals surface area contributed by atoms with Crippen molar-refractivity contribution in [2.24, 2.45) is 0 Å². The molecule has 0 aliphatic heterocycles. The lowest BCUT2D eigenvalue weighted by atomic mass is 10.0. The second-order valence-corrected chi connectivity index (χ2v) is 4.07. The second kappa shape index (κ2) is 5.65. The predicted molar refractivity (Wildman–Crippen MR) is 73.1 cm³/mol. The molecule has 0 N–H and O–H groups in total. The van der Waals surface area contributed by atoms with Gasteiger partial charge in [0, 0.05) is 5.56 Å². The molecule has 0 atom stereocenters. The third kappa shape index (κ3) is 2.65. The molecular formula is C16H14F2O. The van der Waals surface area contributed by atoms with Crippen molar-refractivity contribution in [3.8, 4) is 16.9 Å². The maximum atomic E-state index is 13.9. The van der Waals surface area contributed by atoms with Crippen LogP contribution < -0.4 is 4.74 Å². The van der Waals surface area contributed by atoms with Crippen molar-refractivity contribution < 1.29 is 13.5 Å². The number of rotatable bonds is 3. The summed E-state index contributed by atoms with van der Waals surface area (Å²) in [5, 5.41) is 0. The second-order valence-electron chi connectivity index (χ2n) is 4.07. The van der Waals surface area contributed by atoms with Gasteiger partial charge >= 0.3 is 0 Å². The summed E-state index contributed by atoms with van der Waals surface area (Å²) in [6, 6.07) is 10.2. The van der Waals surface area contributed by atoms with Crippen molar-refractivity contribution >= 4 is 6.08 Å². The maximum absolute atomic E-state index is 13.9. The van der Waals surface area contributed by atoms with Gasteiger partial charge in [-0.2, -0.15) is 4.39 Å². The monoisotopic (exact) mass is 260 g/mol. The van der Waals surface area contributed by atoms with E-state index in [4.69, 9.17) is 4.74 Å². The molecule has 0 bridgehead atoms. The Hall–Kier alpha value is -2.16. The summed E-state index contributed by atoms with van der Waals surface area (Å²) < 4.78 is 32.3. The first-order valence-electron chi connectivity index (χ1n) is 5.92. The summed E-state index contributed by atoms with van der Waals surface area (Å²) in [6.07, 6.45) is 3.86. The molecule has 0 radical (unpaired) electrons. The quantitative estimate of drug-likeness (QED) is 0.779. The molecule has 0 spiro atoms. The average molecular weight is 260 g/mol. The zero-order chi connectivity index (χ0) is 13.8. The van der Waals surface area contributed by atoms with E-state index in [9.17, 15) is 8.78 Å². The van der Waals surface area contributed by atoms with Crippen LogP contribution in [0.1, 0.15) is 12.5 Å². The van der Waals surface area contributed by atoms with Crippen LogP contribution in [0.4, 0.5) is 8.78 Å². The van der Waals surface area contributed by atoms with E-state index >= 15 is 0 Å². The summed E-state index contributed by atoms with van der Waals surface area (Å²) in [7, 11) is 1.31. The third-order valence-corrected chi connectivity index (χ3v) is 2.85. The largest absolute Gasteiger partial charge is 0.494 e. The van der Waals surface area contributed by atoms with Gasteiger partial charge in [-0.15, -0.1) is 0 Å². The molecule has 3 heteroatoms. The Morgan fingerprint density at radius 1 is 0.947 bits per heavy atom. The van der Waals surface area contributed by atoms with Crippen LogP contribution in [0.15, 0.2) is 42.5 Å². The fourth-order valence-electron chi connectivity index (χ4n) is 1.88. The molecule has 0 saturated heterocycles. The van der Waals surface area contributed by atoms with Crippen molar-refractivity contribution in [2.45, 2.75) is 6.92 Å². The molecule has 2 aromatic carbocycles. The molecule has 0 fully saturated rings. The average Bonchev–Trinajstić information content (AvgIpc) is 2.43. The molecule has 98 valence electrons. The minimum Gasteiger partial charge on any atom is -0.494 e. The molecule has 0 aromatic heterocycles. The first kappa shape index (κ1) is 13.3. The molecule has 0 heterocycles. The van der Waals surface area contributed by atoms with Crippen molar-refractivity contribution in [1.82, 2.24) is 0 Å². The third-order valence-electron chi connectivity index (χ3n) is 2.85. The smallest absolute Gasteiger partial charge is 0.201 e. The highest BCUT2D eigenvalue weighted by molar-refractivity contribution is 5.67. The summed E-state index contributed by atoms with van der Waals surface area (Å²) in [6.45, 7) is 1.92. The van der Waals surface area contributed by atoms with Crippen LogP contribution in [0.2, 0.25) is 0 Å². The summed E-state index contributed by atoms with van der Waals surface area (Å²) >= 11 is 0. The Kier molecular flexibility index (Phi) is 3.95. The SMILES string of the molecule is CC=Cc1ccc(-c2ccc(OC)c(F)c2F)cc1. The van der Waals surface area contributed by atoms with E-state index in [1.807, 2.05) is 31.2 Å². The first-order valence-corrected chi connectivity index (χ1v) is 5.92. The van der Waals surface area contributed by atoms with Gasteiger partial charge in [0.15, 0.2) is 11.6 Å². The van der Waals surface area contributed by atoms with Gasteiger partial charge in [-0.1, -0.05) is 36.4 Å². The lowest BCUT2D eigenvalue weighted by Gasteiger charge is -2.08. The molecular weight excluding hydrogens is 246 g/mol. The minimum absolute atomic E-state index is 0.0909. The van der Waals surface area contributed by atoms with Gasteiger partial charge in [-0.3, -0.25) is 0 Å². The normalized spacial score (nSPS) is 10.9. The highest BCUT2D eigenvalue weighted by Crippen LogP contribution is 2.29. The lowest BCUT2D eigenvalue weighted by molar-refractivity contribution is 0.372. The Bertz CT molecular complexity index is 601. The van der Waals surface area contributed by atoms with E-state index in [2.05, 4.69) is 0 Å². The van der Waals surface area contributed by atoms with Gasteiger partial charge in [-0.05, 0) is 30.2 Å². The Labute approximate surface area is 111 Å². The van der Waals surface area contributed by atoms with E-state index in [0.717, 1.165) is 5.56 Å². The topological polar surface area (TPSA) is 9.23 Å². The van der Waals surface area contributed by atoms with Crippen molar-refractivity contribution in [3.05, 3.63) is 59.7 Å². The van der Waals surface area contributed by atoms with Crippen LogP contribution in [0.5, 0.6) is 5.75 Å². The van der Waals surface area contributed by atoms with Gasteiger partial charge in [-0.25, -0.2) is 4.39 Å². The van der Waals surface area contributed by atoms with Gasteiger partial charge < -0.3 is 4.74 Å². The molecule has 0 saturated carbocycles. The number of methoxy groups -OCH3 is 1. The molecule has 1 nitrogen and oxygen atoms in total. The maximum Gasteiger partial charge on any atom is 0.201 e. The number of hydrogen-bond donors (Lipinski definition) is 0. The Morgan fingerprint density at radius 2 is 1.63 bits per heavy atom. The number of hydrogen-bond acceptors (Lipinski definition) is 1. The van der Waals surface area contributed by atoms with Crippen LogP contribution in [0.3, 0.4) is 0 Å². The van der Waals surface area contributed by atoms with Crippen molar-refractivity contribution in [3.63, 3.8) is 0 Å². The number of ether oxygens (including phenoxy) is 1. The van der Waals surface area contributed by atoms with Crippen molar-refractivity contribution in [1.29, 1.82) is 0 Å². The van der Waals surface area contributed by atoms with Crippen LogP contribution in [-0.2, 0) is 0 Å². The molecule has 2 aromatic rings. The molecule has 2 rings (SSSR count). The standard InChI is InChI=1S/C16H14F2O/c1-3-4-11-5-7-12(8-6-11)13-9-10-14(19-2)16(18)15(13)17/h3-10H,1-2H3. The van der Waals surface area contributed by atoms with Gasteiger partial charge in [0.2, 0.25) is 5.82 Å². The molecule has 0 aliphatic carbocycles. The van der Waals surface area contributed by atoms with Crippen LogP contribution >= 0.6 is 0 Å². The lowest BCUT2D eigenvalue weighted by Crippen LogP contribution is -1.94. The van der Waals surface area contributed by atoms with E-state index in [-0.39, 0.29) is 11.3 Å². The van der Waals surface area contributed by atoms with Gasteiger partial charge in [0.25, 0.3) is 0 Å². The molecule has 0 amide bonds. The first-order chi connectivity index (χ1) is 9.17. The fraction of sp³-hybridized carbons (Fsp3) is 0.125. The summed E-state index contributed by atoms with van der Waals surface area (Å²) in [4.78, 5) is 0. The zero-order valence-electron chi connectivity index (χ0n) is 10.8. The van der Waals surface area contributed by atoms with E-state index < -0.39 is 11.6 Å². The van der Waals surface area contributed by atoms with Crippen LogP contribution in [0, 0.1) is 11.6 Å². The molecule has 0 unspecified atom stereocenters.